The van der Waals surface area contributed by atoms with E-state index in [4.69, 9.17) is 16.3 Å². The van der Waals surface area contributed by atoms with Gasteiger partial charge >= 0.3 is 0 Å². The van der Waals surface area contributed by atoms with E-state index in [9.17, 15) is 0 Å². The van der Waals surface area contributed by atoms with Crippen LogP contribution in [0, 0.1) is 0 Å². The second-order valence-electron chi connectivity index (χ2n) is 8.29. The lowest BCUT2D eigenvalue weighted by Crippen LogP contribution is -2.32. The highest BCUT2D eigenvalue weighted by Crippen LogP contribution is 2.42. The maximum atomic E-state index is 6.12. The molecule has 1 unspecified atom stereocenters. The second-order valence-corrected chi connectivity index (χ2v) is 14.2. The van der Waals surface area contributed by atoms with Crippen LogP contribution in [0.3, 0.4) is 0 Å². The third kappa shape index (κ3) is 4.05. The van der Waals surface area contributed by atoms with Gasteiger partial charge < -0.3 is 9.64 Å². The highest BCUT2D eigenvalue weighted by atomic mass is 35.5. The molecule has 0 spiro atoms. The lowest BCUT2D eigenvalue weighted by molar-refractivity contribution is 0.0786. The van der Waals surface area contributed by atoms with Crippen LogP contribution in [0.4, 0.5) is 11.5 Å². The standard InChI is InChI=1S/C18H25ClN8OSi/c1-5-14-17-24-21-11-26(17)15-9-20-18(19)23-16(15)27(14)13-8-22-25(10-13)12-28-6-7-29(2,3)4/h8-11,14H,5-7,12H2,1-4H3. The Morgan fingerprint density at radius 2 is 2.07 bits per heavy atom. The summed E-state index contributed by atoms with van der Waals surface area (Å²) in [5.74, 6) is 1.55. The lowest BCUT2D eigenvalue weighted by atomic mass is 10.1. The van der Waals surface area contributed by atoms with Gasteiger partial charge in [0.25, 0.3) is 0 Å². The number of rotatable bonds is 7. The average Bonchev–Trinajstić information content (AvgIpc) is 3.32. The van der Waals surface area contributed by atoms with Gasteiger partial charge in [0, 0.05) is 14.7 Å². The topological polar surface area (TPSA) is 86.8 Å². The zero-order valence-corrected chi connectivity index (χ0v) is 18.8. The molecule has 1 atom stereocenters. The molecule has 29 heavy (non-hydrogen) atoms. The summed E-state index contributed by atoms with van der Waals surface area (Å²) in [6.45, 7) is 10.3. The Balaban J connectivity index is 1.61. The van der Waals surface area contributed by atoms with Crippen LogP contribution in [0.15, 0.2) is 24.9 Å². The number of ether oxygens (including phenoxy) is 1. The van der Waals surface area contributed by atoms with Crippen LogP contribution in [0.1, 0.15) is 25.2 Å². The maximum absolute atomic E-state index is 6.12. The Morgan fingerprint density at radius 1 is 1.24 bits per heavy atom. The first-order valence-electron chi connectivity index (χ1n) is 9.69. The van der Waals surface area contributed by atoms with Gasteiger partial charge in [-0.3, -0.25) is 4.57 Å². The van der Waals surface area contributed by atoms with Crippen molar-refractivity contribution in [2.75, 3.05) is 11.5 Å². The van der Waals surface area contributed by atoms with E-state index in [1.807, 2.05) is 17.0 Å². The third-order valence-corrected chi connectivity index (χ3v) is 6.78. The van der Waals surface area contributed by atoms with Crippen LogP contribution in [0.2, 0.25) is 31.0 Å². The summed E-state index contributed by atoms with van der Waals surface area (Å²) in [4.78, 5) is 10.7. The average molecular weight is 433 g/mol. The molecule has 0 saturated heterocycles. The number of aromatic nitrogens is 7. The summed E-state index contributed by atoms with van der Waals surface area (Å²) in [5.41, 5.74) is 1.69. The number of anilines is 2. The number of fused-ring (bicyclic) bond motifs is 3. The Hall–Kier alpha value is -2.30. The van der Waals surface area contributed by atoms with Gasteiger partial charge in [-0.2, -0.15) is 10.1 Å². The van der Waals surface area contributed by atoms with Crippen molar-refractivity contribution < 1.29 is 4.74 Å². The zero-order valence-electron chi connectivity index (χ0n) is 17.1. The van der Waals surface area contributed by atoms with E-state index in [0.29, 0.717) is 12.5 Å². The SMILES string of the molecule is CCC1c2nncn2-c2cnc(Cl)nc2N1c1cnn(COCC[Si](C)(C)C)c1. The van der Waals surface area contributed by atoms with Crippen LogP contribution < -0.4 is 4.90 Å². The monoisotopic (exact) mass is 432 g/mol. The molecule has 0 N–H and O–H groups in total. The summed E-state index contributed by atoms with van der Waals surface area (Å²) in [7, 11) is -1.11. The molecule has 1 aliphatic rings. The molecule has 0 amide bonds. The summed E-state index contributed by atoms with van der Waals surface area (Å²) >= 11 is 6.12. The summed E-state index contributed by atoms with van der Waals surface area (Å²) < 4.78 is 9.54. The molecule has 0 saturated carbocycles. The van der Waals surface area contributed by atoms with Gasteiger partial charge in [-0.1, -0.05) is 26.6 Å². The summed E-state index contributed by atoms with van der Waals surface area (Å²) in [5, 5.41) is 13.1. The molecule has 4 rings (SSSR count). The van der Waals surface area contributed by atoms with Gasteiger partial charge in [0.05, 0.1) is 30.3 Å². The van der Waals surface area contributed by atoms with E-state index >= 15 is 0 Å². The highest BCUT2D eigenvalue weighted by molar-refractivity contribution is 6.76. The number of hydrogen-bond donors (Lipinski definition) is 0. The molecule has 4 heterocycles. The lowest BCUT2D eigenvalue weighted by Gasteiger charge is -2.35. The van der Waals surface area contributed by atoms with E-state index < -0.39 is 8.07 Å². The number of halogens is 1. The fourth-order valence-electron chi connectivity index (χ4n) is 3.36. The predicted molar refractivity (Wildman–Crippen MR) is 113 cm³/mol. The first-order valence-corrected chi connectivity index (χ1v) is 13.8. The predicted octanol–water partition coefficient (Wildman–Crippen LogP) is 3.82. The van der Waals surface area contributed by atoms with Crippen LogP contribution in [-0.4, -0.2) is 49.2 Å². The first-order chi connectivity index (χ1) is 13.9. The second kappa shape index (κ2) is 7.85. The van der Waals surface area contributed by atoms with Gasteiger partial charge in [0.15, 0.2) is 11.6 Å². The molecule has 0 bridgehead atoms. The molecule has 154 valence electrons. The van der Waals surface area contributed by atoms with Crippen LogP contribution in [0.5, 0.6) is 0 Å². The smallest absolute Gasteiger partial charge is 0.224 e. The molecule has 3 aromatic rings. The van der Waals surface area contributed by atoms with Gasteiger partial charge in [0.2, 0.25) is 5.28 Å². The highest BCUT2D eigenvalue weighted by Gasteiger charge is 2.35. The fraction of sp³-hybridized carbons (Fsp3) is 0.500. The van der Waals surface area contributed by atoms with Gasteiger partial charge in [-0.25, -0.2) is 9.67 Å². The largest absolute Gasteiger partial charge is 0.360 e. The van der Waals surface area contributed by atoms with Crippen molar-refractivity contribution in [1.82, 2.24) is 34.5 Å². The summed E-state index contributed by atoms with van der Waals surface area (Å²) in [6, 6.07) is 1.09. The molecular formula is C18H25ClN8OSi. The van der Waals surface area contributed by atoms with E-state index in [0.717, 1.165) is 36.3 Å². The molecule has 0 radical (unpaired) electrons. The van der Waals surface area contributed by atoms with Crippen molar-refractivity contribution in [1.29, 1.82) is 0 Å². The Bertz CT molecular complexity index is 998. The molecular weight excluding hydrogens is 408 g/mol. The minimum absolute atomic E-state index is 0.0403. The molecule has 9 nitrogen and oxygen atoms in total. The first kappa shape index (κ1) is 20.0. The number of nitrogens with zero attached hydrogens (tertiary/aromatic N) is 8. The van der Waals surface area contributed by atoms with E-state index in [1.165, 1.54) is 0 Å². The van der Waals surface area contributed by atoms with Crippen molar-refractivity contribution >= 4 is 31.2 Å². The zero-order chi connectivity index (χ0) is 20.6. The van der Waals surface area contributed by atoms with Crippen molar-refractivity contribution in [2.24, 2.45) is 0 Å². The van der Waals surface area contributed by atoms with E-state index in [2.05, 4.69) is 56.7 Å². The minimum atomic E-state index is -1.11. The van der Waals surface area contributed by atoms with E-state index in [-0.39, 0.29) is 11.3 Å². The maximum Gasteiger partial charge on any atom is 0.224 e. The van der Waals surface area contributed by atoms with Crippen molar-refractivity contribution in [3.8, 4) is 5.69 Å². The van der Waals surface area contributed by atoms with Crippen molar-refractivity contribution in [2.45, 2.75) is 51.8 Å². The van der Waals surface area contributed by atoms with Gasteiger partial charge in [-0.05, 0) is 24.1 Å². The Kier molecular flexibility index (Phi) is 5.41. The number of hydrogen-bond acceptors (Lipinski definition) is 7. The molecule has 0 fully saturated rings. The Labute approximate surface area is 175 Å². The van der Waals surface area contributed by atoms with Crippen LogP contribution >= 0.6 is 11.6 Å². The van der Waals surface area contributed by atoms with Crippen LogP contribution in [0.25, 0.3) is 5.69 Å². The quantitative estimate of drug-likeness (QED) is 0.318. The van der Waals surface area contributed by atoms with Gasteiger partial charge in [-0.15, -0.1) is 10.2 Å². The molecule has 0 aliphatic carbocycles. The summed E-state index contributed by atoms with van der Waals surface area (Å²) in [6.07, 6.45) is 7.97. The van der Waals surface area contributed by atoms with Crippen LogP contribution in [-0.2, 0) is 11.5 Å². The molecule has 0 aromatic carbocycles. The van der Waals surface area contributed by atoms with E-state index in [1.54, 1.807) is 17.2 Å². The third-order valence-electron chi connectivity index (χ3n) is 4.90. The minimum Gasteiger partial charge on any atom is -0.360 e. The fourth-order valence-corrected chi connectivity index (χ4v) is 4.25. The normalized spacial score (nSPS) is 16.0. The molecule has 1 aliphatic heterocycles. The molecule has 3 aromatic heterocycles. The van der Waals surface area contributed by atoms with Crippen molar-refractivity contribution in [3.63, 3.8) is 0 Å². The Morgan fingerprint density at radius 3 is 2.83 bits per heavy atom. The van der Waals surface area contributed by atoms with Gasteiger partial charge in [0.1, 0.15) is 18.7 Å². The molecule has 11 heteroatoms. The van der Waals surface area contributed by atoms with Crippen molar-refractivity contribution in [3.05, 3.63) is 36.0 Å².